The van der Waals surface area contributed by atoms with Gasteiger partial charge in [0.1, 0.15) is 5.75 Å². The van der Waals surface area contributed by atoms with Crippen LogP contribution in [0.2, 0.25) is 0 Å². The molecule has 1 heterocycles. The van der Waals surface area contributed by atoms with E-state index in [0.717, 1.165) is 34.4 Å². The van der Waals surface area contributed by atoms with Crippen LogP contribution in [-0.4, -0.2) is 53.0 Å². The van der Waals surface area contributed by atoms with E-state index in [1.807, 2.05) is 42.5 Å². The van der Waals surface area contributed by atoms with Crippen LogP contribution >= 0.6 is 15.9 Å². The number of halogens is 1. The van der Waals surface area contributed by atoms with Gasteiger partial charge >= 0.3 is 5.91 Å². The van der Waals surface area contributed by atoms with E-state index in [4.69, 9.17) is 9.57 Å². The molecule has 1 amide bonds. The summed E-state index contributed by atoms with van der Waals surface area (Å²) in [6.45, 7) is 7.66. The Hall–Kier alpha value is -3.24. The van der Waals surface area contributed by atoms with Gasteiger partial charge in [-0.2, -0.15) is 0 Å². The number of fused-ring (bicyclic) bond motifs is 1. The standard InChI is InChI=1S/C24H28BrN5O4/c1-5-29(6-2)15-30-21-12-9-18(25)13-20(21)23(24(30)32)27-26-22(31)14-34-28-16(3)17-7-10-19(33-4)11-8-17/h7-13,32H,5-6,14-15H2,1-4H3/b27-26?,28-16+. The highest BCUT2D eigenvalue weighted by molar-refractivity contribution is 9.10. The largest absolute Gasteiger partial charge is 0.497 e. The Morgan fingerprint density at radius 3 is 2.50 bits per heavy atom. The maximum atomic E-state index is 12.2. The first kappa shape index (κ1) is 25.4. The molecule has 9 nitrogen and oxygen atoms in total. The van der Waals surface area contributed by atoms with Crippen LogP contribution in [-0.2, 0) is 16.3 Å². The number of hydrogen-bond acceptors (Lipinski definition) is 7. The van der Waals surface area contributed by atoms with Crippen molar-refractivity contribution in [1.29, 1.82) is 0 Å². The Kier molecular flexibility index (Phi) is 8.78. The fourth-order valence-corrected chi connectivity index (χ4v) is 3.73. The number of benzene rings is 2. The smallest absolute Gasteiger partial charge is 0.304 e. The summed E-state index contributed by atoms with van der Waals surface area (Å²) < 4.78 is 7.72. The van der Waals surface area contributed by atoms with Crippen LogP contribution in [0.15, 0.2) is 62.3 Å². The zero-order chi connectivity index (χ0) is 24.7. The number of carbonyl (C=O) groups is 1. The summed E-state index contributed by atoms with van der Waals surface area (Å²) in [6, 6.07) is 12.9. The highest BCUT2D eigenvalue weighted by atomic mass is 79.9. The van der Waals surface area contributed by atoms with Crippen molar-refractivity contribution in [3.05, 3.63) is 52.5 Å². The minimum atomic E-state index is -0.620. The van der Waals surface area contributed by atoms with Crippen molar-refractivity contribution in [2.45, 2.75) is 27.4 Å². The number of aromatic nitrogens is 1. The molecule has 10 heteroatoms. The van der Waals surface area contributed by atoms with Gasteiger partial charge in [0, 0.05) is 9.86 Å². The molecule has 0 atom stereocenters. The molecule has 2 aromatic carbocycles. The molecular formula is C24H28BrN5O4. The SMILES string of the molecule is CCN(CC)Cn1c(O)c(N=NC(=O)CO/N=C(\C)c2ccc(OC)cc2)c2cc(Br)ccc21. The summed E-state index contributed by atoms with van der Waals surface area (Å²) in [4.78, 5) is 19.5. The Bertz CT molecular complexity index is 1200. The Morgan fingerprint density at radius 1 is 1.15 bits per heavy atom. The molecule has 34 heavy (non-hydrogen) atoms. The number of methoxy groups -OCH3 is 1. The van der Waals surface area contributed by atoms with Crippen molar-refractivity contribution in [3.8, 4) is 11.6 Å². The van der Waals surface area contributed by atoms with E-state index >= 15 is 0 Å². The molecule has 0 spiro atoms. The maximum Gasteiger partial charge on any atom is 0.304 e. The normalized spacial score (nSPS) is 12.1. The van der Waals surface area contributed by atoms with Gasteiger partial charge in [0.15, 0.2) is 12.3 Å². The number of nitrogens with zero attached hydrogens (tertiary/aromatic N) is 5. The third kappa shape index (κ3) is 6.00. The summed E-state index contributed by atoms with van der Waals surface area (Å²) in [6.07, 6.45) is 0. The number of amides is 1. The second kappa shape index (κ2) is 11.8. The quantitative estimate of drug-likeness (QED) is 0.213. The molecule has 0 fully saturated rings. The van der Waals surface area contributed by atoms with E-state index in [1.54, 1.807) is 18.6 Å². The molecule has 0 saturated heterocycles. The van der Waals surface area contributed by atoms with Crippen LogP contribution in [0.25, 0.3) is 10.9 Å². The topological polar surface area (TPSA) is 101 Å². The fraction of sp³-hybridized carbons (Fsp3) is 0.333. The van der Waals surface area contributed by atoms with Crippen molar-refractivity contribution >= 4 is 44.1 Å². The van der Waals surface area contributed by atoms with Crippen molar-refractivity contribution in [3.63, 3.8) is 0 Å². The Balaban J connectivity index is 1.74. The molecule has 180 valence electrons. The highest BCUT2D eigenvalue weighted by Gasteiger charge is 2.18. The van der Waals surface area contributed by atoms with Crippen molar-refractivity contribution in [2.75, 3.05) is 26.8 Å². The fourth-order valence-electron chi connectivity index (χ4n) is 3.36. The van der Waals surface area contributed by atoms with E-state index in [1.165, 1.54) is 0 Å². The number of carbonyl (C=O) groups excluding carboxylic acids is 1. The van der Waals surface area contributed by atoms with Gasteiger partial charge in [-0.05, 0) is 68.0 Å². The first-order valence-corrected chi connectivity index (χ1v) is 11.7. The zero-order valence-electron chi connectivity index (χ0n) is 19.7. The molecule has 0 unspecified atom stereocenters. The van der Waals surface area contributed by atoms with Crippen LogP contribution in [0.3, 0.4) is 0 Å². The van der Waals surface area contributed by atoms with E-state index in [2.05, 4.69) is 50.1 Å². The van der Waals surface area contributed by atoms with Crippen LogP contribution < -0.4 is 4.74 Å². The molecule has 3 aromatic rings. The summed E-state index contributed by atoms with van der Waals surface area (Å²) in [7, 11) is 1.60. The lowest BCUT2D eigenvalue weighted by Gasteiger charge is -2.20. The number of hydrogen-bond donors (Lipinski definition) is 1. The average molecular weight is 530 g/mol. The Labute approximate surface area is 206 Å². The highest BCUT2D eigenvalue weighted by Crippen LogP contribution is 2.40. The first-order chi connectivity index (χ1) is 16.4. The summed E-state index contributed by atoms with van der Waals surface area (Å²) in [5, 5.41) is 23.3. The number of ether oxygens (including phenoxy) is 1. The third-order valence-electron chi connectivity index (χ3n) is 5.37. The molecular weight excluding hydrogens is 502 g/mol. The van der Waals surface area contributed by atoms with E-state index in [-0.39, 0.29) is 18.2 Å². The zero-order valence-corrected chi connectivity index (χ0v) is 21.2. The van der Waals surface area contributed by atoms with Crippen molar-refractivity contribution < 1.29 is 19.5 Å². The predicted molar refractivity (Wildman–Crippen MR) is 135 cm³/mol. The second-order valence-corrected chi connectivity index (χ2v) is 8.39. The van der Waals surface area contributed by atoms with Gasteiger partial charge in [-0.3, -0.25) is 14.3 Å². The first-order valence-electron chi connectivity index (χ1n) is 10.9. The van der Waals surface area contributed by atoms with Crippen LogP contribution in [0, 0.1) is 0 Å². The number of oxime groups is 1. The number of aromatic hydroxyl groups is 1. The lowest BCUT2D eigenvalue weighted by Crippen LogP contribution is -2.25. The summed E-state index contributed by atoms with van der Waals surface area (Å²) >= 11 is 3.45. The second-order valence-electron chi connectivity index (χ2n) is 7.48. The number of azo groups is 1. The van der Waals surface area contributed by atoms with Crippen LogP contribution in [0.4, 0.5) is 5.69 Å². The van der Waals surface area contributed by atoms with Gasteiger partial charge in [-0.1, -0.05) is 34.9 Å². The maximum absolute atomic E-state index is 12.2. The minimum absolute atomic E-state index is 0.0501. The van der Waals surface area contributed by atoms with Crippen molar-refractivity contribution in [1.82, 2.24) is 9.47 Å². The molecule has 0 aliphatic carbocycles. The molecule has 3 rings (SSSR count). The van der Waals surface area contributed by atoms with Crippen LogP contribution in [0.5, 0.6) is 11.6 Å². The molecule has 0 aliphatic heterocycles. The summed E-state index contributed by atoms with van der Waals surface area (Å²) in [5.41, 5.74) is 2.47. The van der Waals surface area contributed by atoms with Gasteiger partial charge in [-0.15, -0.1) is 10.2 Å². The van der Waals surface area contributed by atoms with E-state index in [0.29, 0.717) is 17.8 Å². The molecule has 0 bridgehead atoms. The van der Waals surface area contributed by atoms with Gasteiger partial charge in [0.25, 0.3) is 0 Å². The lowest BCUT2D eigenvalue weighted by atomic mass is 10.1. The number of rotatable bonds is 10. The molecule has 0 radical (unpaired) electrons. The van der Waals surface area contributed by atoms with Gasteiger partial charge in [0.05, 0.1) is 25.0 Å². The Morgan fingerprint density at radius 2 is 1.85 bits per heavy atom. The molecule has 0 aliphatic rings. The average Bonchev–Trinajstić information content (AvgIpc) is 3.10. The van der Waals surface area contributed by atoms with E-state index in [9.17, 15) is 9.90 Å². The lowest BCUT2D eigenvalue weighted by molar-refractivity contribution is -0.122. The predicted octanol–water partition coefficient (Wildman–Crippen LogP) is 5.47. The summed E-state index contributed by atoms with van der Waals surface area (Å²) in [5.74, 6) is 0.0675. The molecule has 1 aromatic heterocycles. The van der Waals surface area contributed by atoms with Crippen LogP contribution in [0.1, 0.15) is 26.3 Å². The molecule has 1 N–H and O–H groups in total. The van der Waals surface area contributed by atoms with Gasteiger partial charge in [0.2, 0.25) is 5.88 Å². The van der Waals surface area contributed by atoms with Gasteiger partial charge in [-0.25, -0.2) is 0 Å². The van der Waals surface area contributed by atoms with Crippen molar-refractivity contribution in [2.24, 2.45) is 15.4 Å². The van der Waals surface area contributed by atoms with Gasteiger partial charge < -0.3 is 14.7 Å². The monoisotopic (exact) mass is 529 g/mol. The molecule has 0 saturated carbocycles. The minimum Gasteiger partial charge on any atom is -0.497 e. The third-order valence-corrected chi connectivity index (χ3v) is 5.86. The van der Waals surface area contributed by atoms with E-state index < -0.39 is 5.91 Å².